The molecule has 0 bridgehead atoms. The van der Waals surface area contributed by atoms with Crippen molar-refractivity contribution in [2.24, 2.45) is 11.3 Å². The third-order valence-corrected chi connectivity index (χ3v) is 2.58. The van der Waals surface area contributed by atoms with Gasteiger partial charge in [0.1, 0.15) is 0 Å². The van der Waals surface area contributed by atoms with E-state index >= 15 is 0 Å². The van der Waals surface area contributed by atoms with Gasteiger partial charge in [-0.3, -0.25) is 4.79 Å². The molecule has 0 spiro atoms. The number of likely N-dealkylation sites (N-methyl/N-ethyl adjacent to an activating group) is 1. The SMILES string of the molecule is C[C@H](C(=O)N(C)C[C@@H](C)O)C(C)(C)C. The first-order chi connectivity index (χ1) is 6.16. The molecule has 3 heteroatoms. The number of aliphatic hydroxyl groups is 1. The largest absolute Gasteiger partial charge is 0.392 e. The second-order valence-corrected chi connectivity index (χ2v) is 5.16. The summed E-state index contributed by atoms with van der Waals surface area (Å²) in [5.74, 6) is 0.0737. The van der Waals surface area contributed by atoms with Crippen LogP contribution in [0, 0.1) is 11.3 Å². The fourth-order valence-electron chi connectivity index (χ4n) is 1.19. The highest BCUT2D eigenvalue weighted by atomic mass is 16.3. The summed E-state index contributed by atoms with van der Waals surface area (Å²) < 4.78 is 0. The minimum atomic E-state index is -0.462. The van der Waals surface area contributed by atoms with Crippen LogP contribution in [0.15, 0.2) is 0 Å². The van der Waals surface area contributed by atoms with Crippen LogP contribution in [0.25, 0.3) is 0 Å². The van der Waals surface area contributed by atoms with Gasteiger partial charge in [0, 0.05) is 19.5 Å². The average molecular weight is 201 g/mol. The quantitative estimate of drug-likeness (QED) is 0.752. The Balaban J connectivity index is 4.32. The van der Waals surface area contributed by atoms with E-state index in [-0.39, 0.29) is 17.2 Å². The molecule has 0 aromatic carbocycles. The van der Waals surface area contributed by atoms with Crippen molar-refractivity contribution < 1.29 is 9.90 Å². The lowest BCUT2D eigenvalue weighted by atomic mass is 9.81. The fourth-order valence-corrected chi connectivity index (χ4v) is 1.19. The monoisotopic (exact) mass is 201 g/mol. The topological polar surface area (TPSA) is 40.5 Å². The van der Waals surface area contributed by atoms with Crippen molar-refractivity contribution in [3.8, 4) is 0 Å². The molecular weight excluding hydrogens is 178 g/mol. The molecule has 14 heavy (non-hydrogen) atoms. The maximum Gasteiger partial charge on any atom is 0.225 e. The Morgan fingerprint density at radius 1 is 1.36 bits per heavy atom. The lowest BCUT2D eigenvalue weighted by Gasteiger charge is -2.30. The number of rotatable bonds is 3. The molecular formula is C11H23NO2. The van der Waals surface area contributed by atoms with E-state index in [1.54, 1.807) is 18.9 Å². The van der Waals surface area contributed by atoms with E-state index in [2.05, 4.69) is 0 Å². The number of aliphatic hydroxyl groups excluding tert-OH is 1. The van der Waals surface area contributed by atoms with E-state index in [4.69, 9.17) is 5.11 Å². The predicted molar refractivity (Wildman–Crippen MR) is 57.9 cm³/mol. The summed E-state index contributed by atoms with van der Waals surface area (Å²) in [6.45, 7) is 10.2. The Morgan fingerprint density at radius 3 is 2.07 bits per heavy atom. The summed E-state index contributed by atoms with van der Waals surface area (Å²) in [6, 6.07) is 0. The summed E-state index contributed by atoms with van der Waals surface area (Å²) in [5, 5.41) is 9.16. The van der Waals surface area contributed by atoms with Crippen LogP contribution < -0.4 is 0 Å². The third-order valence-electron chi connectivity index (χ3n) is 2.58. The second kappa shape index (κ2) is 4.78. The zero-order valence-corrected chi connectivity index (χ0v) is 10.2. The van der Waals surface area contributed by atoms with Gasteiger partial charge in [0.15, 0.2) is 0 Å². The standard InChI is InChI=1S/C11H23NO2/c1-8(13)7-12(6)10(14)9(2)11(3,4)5/h8-9,13H,7H2,1-6H3/t8-,9-/m1/s1. The van der Waals surface area contributed by atoms with Crippen molar-refractivity contribution in [1.29, 1.82) is 0 Å². The molecule has 0 aliphatic carbocycles. The summed E-state index contributed by atoms with van der Waals surface area (Å²) in [4.78, 5) is 13.4. The molecule has 0 aliphatic heterocycles. The molecule has 0 saturated carbocycles. The molecule has 0 aromatic rings. The molecule has 0 aromatic heterocycles. The zero-order valence-electron chi connectivity index (χ0n) is 10.2. The van der Waals surface area contributed by atoms with Crippen LogP contribution in [0.5, 0.6) is 0 Å². The molecule has 0 saturated heterocycles. The van der Waals surface area contributed by atoms with Crippen LogP contribution in [-0.2, 0) is 4.79 Å². The number of nitrogens with zero attached hydrogens (tertiary/aromatic N) is 1. The Kier molecular flexibility index (Phi) is 4.59. The van der Waals surface area contributed by atoms with Gasteiger partial charge in [-0.25, -0.2) is 0 Å². The highest BCUT2D eigenvalue weighted by Gasteiger charge is 2.29. The van der Waals surface area contributed by atoms with Gasteiger partial charge in [0.2, 0.25) is 5.91 Å². The van der Waals surface area contributed by atoms with Gasteiger partial charge in [-0.15, -0.1) is 0 Å². The summed E-state index contributed by atoms with van der Waals surface area (Å²) in [7, 11) is 1.73. The van der Waals surface area contributed by atoms with Crippen LogP contribution in [0.4, 0.5) is 0 Å². The molecule has 0 aliphatic rings. The van der Waals surface area contributed by atoms with Gasteiger partial charge >= 0.3 is 0 Å². The summed E-state index contributed by atoms with van der Waals surface area (Å²) in [6.07, 6.45) is -0.462. The fraction of sp³-hybridized carbons (Fsp3) is 0.909. The van der Waals surface area contributed by atoms with Crippen LogP contribution in [0.3, 0.4) is 0 Å². The Hall–Kier alpha value is -0.570. The van der Waals surface area contributed by atoms with E-state index in [1.807, 2.05) is 27.7 Å². The van der Waals surface area contributed by atoms with Crippen molar-refractivity contribution in [2.75, 3.05) is 13.6 Å². The number of carbonyl (C=O) groups excluding carboxylic acids is 1. The van der Waals surface area contributed by atoms with Gasteiger partial charge in [0.05, 0.1) is 6.10 Å². The molecule has 0 unspecified atom stereocenters. The van der Waals surface area contributed by atoms with Gasteiger partial charge in [-0.2, -0.15) is 0 Å². The Bertz CT molecular complexity index is 194. The molecule has 0 fully saturated rings. The second-order valence-electron chi connectivity index (χ2n) is 5.16. The van der Waals surface area contributed by atoms with Crippen molar-refractivity contribution in [3.63, 3.8) is 0 Å². The minimum absolute atomic E-state index is 0.0220. The average Bonchev–Trinajstić information content (AvgIpc) is 1.98. The van der Waals surface area contributed by atoms with E-state index in [0.29, 0.717) is 6.54 Å². The number of hydrogen-bond acceptors (Lipinski definition) is 2. The smallest absolute Gasteiger partial charge is 0.225 e. The number of amides is 1. The van der Waals surface area contributed by atoms with Gasteiger partial charge in [-0.05, 0) is 12.3 Å². The van der Waals surface area contributed by atoms with Crippen molar-refractivity contribution in [2.45, 2.75) is 40.7 Å². The number of carbonyl (C=O) groups is 1. The van der Waals surface area contributed by atoms with Crippen LogP contribution in [0.1, 0.15) is 34.6 Å². The summed E-state index contributed by atoms with van der Waals surface area (Å²) in [5.41, 5.74) is -0.0238. The van der Waals surface area contributed by atoms with Crippen LogP contribution >= 0.6 is 0 Å². The Labute approximate surface area is 87.1 Å². The highest BCUT2D eigenvalue weighted by molar-refractivity contribution is 5.78. The van der Waals surface area contributed by atoms with Crippen molar-refractivity contribution >= 4 is 5.91 Å². The molecule has 3 nitrogen and oxygen atoms in total. The van der Waals surface area contributed by atoms with Crippen LogP contribution in [0.2, 0.25) is 0 Å². The molecule has 1 N–H and O–H groups in total. The lowest BCUT2D eigenvalue weighted by molar-refractivity contribution is -0.138. The van der Waals surface area contributed by atoms with E-state index in [0.717, 1.165) is 0 Å². The maximum atomic E-state index is 11.8. The van der Waals surface area contributed by atoms with Crippen molar-refractivity contribution in [3.05, 3.63) is 0 Å². The number of hydrogen-bond donors (Lipinski definition) is 1. The lowest BCUT2D eigenvalue weighted by Crippen LogP contribution is -2.40. The van der Waals surface area contributed by atoms with Gasteiger partial charge in [0.25, 0.3) is 0 Å². The molecule has 0 radical (unpaired) electrons. The van der Waals surface area contributed by atoms with Gasteiger partial charge < -0.3 is 10.0 Å². The first-order valence-electron chi connectivity index (χ1n) is 5.09. The van der Waals surface area contributed by atoms with Crippen molar-refractivity contribution in [1.82, 2.24) is 4.90 Å². The van der Waals surface area contributed by atoms with Gasteiger partial charge in [-0.1, -0.05) is 27.7 Å². The molecule has 0 heterocycles. The molecule has 2 atom stereocenters. The minimum Gasteiger partial charge on any atom is -0.392 e. The van der Waals surface area contributed by atoms with E-state index in [9.17, 15) is 4.79 Å². The predicted octanol–water partition coefficient (Wildman–Crippen LogP) is 1.51. The highest BCUT2D eigenvalue weighted by Crippen LogP contribution is 2.26. The normalized spacial score (nSPS) is 16.2. The maximum absolute atomic E-state index is 11.8. The molecule has 84 valence electrons. The Morgan fingerprint density at radius 2 is 1.79 bits per heavy atom. The first kappa shape index (κ1) is 13.4. The first-order valence-corrected chi connectivity index (χ1v) is 5.09. The summed E-state index contributed by atoms with van der Waals surface area (Å²) >= 11 is 0. The third kappa shape index (κ3) is 4.09. The van der Waals surface area contributed by atoms with E-state index < -0.39 is 6.10 Å². The molecule has 0 rings (SSSR count). The zero-order chi connectivity index (χ0) is 11.5. The van der Waals surface area contributed by atoms with E-state index in [1.165, 1.54) is 0 Å². The molecule has 1 amide bonds. The van der Waals surface area contributed by atoms with Crippen LogP contribution in [-0.4, -0.2) is 35.6 Å².